The van der Waals surface area contributed by atoms with Crippen LogP contribution in [0, 0.1) is 0 Å². The molecular formula is C20H34N2. The molecular weight excluding hydrogens is 268 g/mol. The number of rotatable bonds is 11. The van der Waals surface area contributed by atoms with Gasteiger partial charge in [0.25, 0.3) is 0 Å². The van der Waals surface area contributed by atoms with Gasteiger partial charge in [-0.2, -0.15) is 0 Å². The van der Waals surface area contributed by atoms with E-state index in [1.54, 1.807) is 0 Å². The van der Waals surface area contributed by atoms with Crippen molar-refractivity contribution in [1.29, 1.82) is 0 Å². The monoisotopic (exact) mass is 302 g/mol. The van der Waals surface area contributed by atoms with Crippen LogP contribution in [0.1, 0.15) is 76.7 Å². The molecule has 0 unspecified atom stereocenters. The molecule has 0 amide bonds. The van der Waals surface area contributed by atoms with Crippen molar-refractivity contribution in [2.75, 3.05) is 23.7 Å². The van der Waals surface area contributed by atoms with Gasteiger partial charge >= 0.3 is 0 Å². The van der Waals surface area contributed by atoms with Crippen molar-refractivity contribution in [3.8, 4) is 0 Å². The minimum Gasteiger partial charge on any atom is -0.399 e. The summed E-state index contributed by atoms with van der Waals surface area (Å²) < 4.78 is 0. The van der Waals surface area contributed by atoms with Crippen LogP contribution in [0.25, 0.3) is 0 Å². The Morgan fingerprint density at radius 3 is 2.23 bits per heavy atom. The molecule has 0 bridgehead atoms. The summed E-state index contributed by atoms with van der Waals surface area (Å²) in [6, 6.07) is 6.39. The van der Waals surface area contributed by atoms with Crippen molar-refractivity contribution >= 4 is 11.4 Å². The molecule has 0 fully saturated rings. The molecule has 0 aliphatic carbocycles. The Hall–Kier alpha value is -1.18. The molecule has 2 rings (SSSR count). The molecule has 1 aromatic carbocycles. The maximum atomic E-state index is 5.86. The van der Waals surface area contributed by atoms with Crippen LogP contribution in [0.2, 0.25) is 0 Å². The third-order valence-corrected chi connectivity index (χ3v) is 4.88. The van der Waals surface area contributed by atoms with Gasteiger partial charge in [0.2, 0.25) is 0 Å². The van der Waals surface area contributed by atoms with Gasteiger partial charge in [-0.1, -0.05) is 64.7 Å². The Morgan fingerprint density at radius 1 is 0.909 bits per heavy atom. The van der Waals surface area contributed by atoms with Crippen molar-refractivity contribution < 1.29 is 0 Å². The lowest BCUT2D eigenvalue weighted by Crippen LogP contribution is -2.21. The van der Waals surface area contributed by atoms with E-state index in [2.05, 4.69) is 24.0 Å². The maximum Gasteiger partial charge on any atom is 0.0401 e. The largest absolute Gasteiger partial charge is 0.399 e. The summed E-state index contributed by atoms with van der Waals surface area (Å²) in [7, 11) is 0. The molecule has 0 spiro atoms. The minimum absolute atomic E-state index is 0.902. The van der Waals surface area contributed by atoms with E-state index in [1.807, 2.05) is 6.07 Å². The topological polar surface area (TPSA) is 29.3 Å². The summed E-state index contributed by atoms with van der Waals surface area (Å²) in [5.41, 5.74) is 9.63. The maximum absolute atomic E-state index is 5.86. The molecule has 0 radical (unpaired) electrons. The second-order valence-corrected chi connectivity index (χ2v) is 6.81. The molecule has 0 saturated heterocycles. The predicted octanol–water partition coefficient (Wildman–Crippen LogP) is 5.55. The van der Waals surface area contributed by atoms with Crippen LogP contribution < -0.4 is 10.6 Å². The van der Waals surface area contributed by atoms with E-state index in [1.165, 1.54) is 88.5 Å². The third-order valence-electron chi connectivity index (χ3n) is 4.88. The van der Waals surface area contributed by atoms with Crippen molar-refractivity contribution in [1.82, 2.24) is 0 Å². The fourth-order valence-corrected chi connectivity index (χ4v) is 3.51. The summed E-state index contributed by atoms with van der Waals surface area (Å²) in [5.74, 6) is 0. The molecule has 0 atom stereocenters. The normalized spacial score (nSPS) is 13.6. The van der Waals surface area contributed by atoms with E-state index < -0.39 is 0 Å². The van der Waals surface area contributed by atoms with E-state index in [0.717, 1.165) is 12.1 Å². The van der Waals surface area contributed by atoms with Gasteiger partial charge in [-0.05, 0) is 36.6 Å². The Morgan fingerprint density at radius 2 is 1.55 bits per heavy atom. The fourth-order valence-electron chi connectivity index (χ4n) is 3.51. The van der Waals surface area contributed by atoms with Gasteiger partial charge in [-0.3, -0.25) is 0 Å². The highest BCUT2D eigenvalue weighted by molar-refractivity contribution is 5.62. The van der Waals surface area contributed by atoms with Crippen molar-refractivity contribution in [2.45, 2.75) is 77.6 Å². The molecule has 2 nitrogen and oxygen atoms in total. The summed E-state index contributed by atoms with van der Waals surface area (Å²) >= 11 is 0. The first-order valence-corrected chi connectivity index (χ1v) is 9.44. The lowest BCUT2D eigenvalue weighted by atomic mass is 10.1. The van der Waals surface area contributed by atoms with E-state index in [-0.39, 0.29) is 0 Å². The van der Waals surface area contributed by atoms with E-state index >= 15 is 0 Å². The number of hydrogen-bond acceptors (Lipinski definition) is 2. The number of nitrogens with two attached hydrogens (primary N) is 1. The van der Waals surface area contributed by atoms with Crippen molar-refractivity contribution in [3.05, 3.63) is 23.8 Å². The zero-order valence-corrected chi connectivity index (χ0v) is 14.4. The van der Waals surface area contributed by atoms with Gasteiger partial charge in [0.1, 0.15) is 0 Å². The molecule has 2 heteroatoms. The third kappa shape index (κ3) is 5.55. The lowest BCUT2D eigenvalue weighted by Gasteiger charge is -2.19. The summed E-state index contributed by atoms with van der Waals surface area (Å²) in [5, 5.41) is 0. The van der Waals surface area contributed by atoms with Gasteiger partial charge in [0.05, 0.1) is 0 Å². The minimum atomic E-state index is 0.902. The zero-order valence-electron chi connectivity index (χ0n) is 14.4. The molecule has 1 heterocycles. The van der Waals surface area contributed by atoms with Gasteiger partial charge in [-0.15, -0.1) is 0 Å². The van der Waals surface area contributed by atoms with Crippen LogP contribution in [0.15, 0.2) is 18.2 Å². The van der Waals surface area contributed by atoms with Crippen LogP contribution in [-0.2, 0) is 6.42 Å². The van der Waals surface area contributed by atoms with Gasteiger partial charge in [0.15, 0.2) is 0 Å². The van der Waals surface area contributed by atoms with E-state index in [9.17, 15) is 0 Å². The van der Waals surface area contributed by atoms with E-state index in [0.29, 0.717) is 0 Å². The van der Waals surface area contributed by atoms with E-state index in [4.69, 9.17) is 5.73 Å². The Balaban J connectivity index is 1.50. The van der Waals surface area contributed by atoms with Crippen LogP contribution >= 0.6 is 0 Å². The zero-order chi connectivity index (χ0) is 15.6. The number of nitrogen functional groups attached to an aromatic ring is 1. The number of benzene rings is 1. The molecule has 0 aromatic heterocycles. The highest BCUT2D eigenvalue weighted by Gasteiger charge is 2.18. The smallest absolute Gasteiger partial charge is 0.0401 e. The summed E-state index contributed by atoms with van der Waals surface area (Å²) in [6.07, 6.45) is 15.3. The number of unbranched alkanes of at least 4 members (excludes halogenated alkanes) is 9. The Labute approximate surface area is 137 Å². The second kappa shape index (κ2) is 9.76. The first-order chi connectivity index (χ1) is 10.8. The standard InChI is InChI=1S/C20H34N2/c1-2-3-4-5-6-7-8-9-10-11-15-22-16-14-18-17-19(21)12-13-20(18)22/h12-13,17H,2-11,14-16,21H2,1H3. The molecule has 1 aliphatic heterocycles. The van der Waals surface area contributed by atoms with Crippen LogP contribution in [0.3, 0.4) is 0 Å². The quantitative estimate of drug-likeness (QED) is 0.429. The molecule has 0 saturated carbocycles. The first-order valence-electron chi connectivity index (χ1n) is 9.44. The number of nitrogens with zero attached hydrogens (tertiary/aromatic N) is 1. The molecule has 124 valence electrons. The van der Waals surface area contributed by atoms with Gasteiger partial charge in [0, 0.05) is 24.5 Å². The van der Waals surface area contributed by atoms with Crippen LogP contribution in [-0.4, -0.2) is 13.1 Å². The SMILES string of the molecule is CCCCCCCCCCCCN1CCc2cc(N)ccc21. The second-order valence-electron chi connectivity index (χ2n) is 6.81. The van der Waals surface area contributed by atoms with Crippen LogP contribution in [0.5, 0.6) is 0 Å². The Kier molecular flexibility index (Phi) is 7.62. The Bertz CT molecular complexity index is 428. The molecule has 1 aromatic rings. The molecule has 2 N–H and O–H groups in total. The fraction of sp³-hybridized carbons (Fsp3) is 0.700. The number of hydrogen-bond donors (Lipinski definition) is 1. The highest BCUT2D eigenvalue weighted by Crippen LogP contribution is 2.29. The summed E-state index contributed by atoms with van der Waals surface area (Å²) in [4.78, 5) is 2.54. The van der Waals surface area contributed by atoms with Gasteiger partial charge < -0.3 is 10.6 Å². The van der Waals surface area contributed by atoms with Gasteiger partial charge in [-0.25, -0.2) is 0 Å². The average Bonchev–Trinajstić information content (AvgIpc) is 2.91. The highest BCUT2D eigenvalue weighted by atomic mass is 15.1. The number of anilines is 2. The molecule has 22 heavy (non-hydrogen) atoms. The average molecular weight is 303 g/mol. The summed E-state index contributed by atoms with van der Waals surface area (Å²) in [6.45, 7) is 4.68. The van der Waals surface area contributed by atoms with Crippen molar-refractivity contribution in [3.63, 3.8) is 0 Å². The van der Waals surface area contributed by atoms with Crippen molar-refractivity contribution in [2.24, 2.45) is 0 Å². The molecule has 1 aliphatic rings. The first kappa shape index (κ1) is 17.2. The number of fused-ring (bicyclic) bond motifs is 1. The lowest BCUT2D eigenvalue weighted by molar-refractivity contribution is 0.555. The predicted molar refractivity (Wildman–Crippen MR) is 98.6 cm³/mol. The van der Waals surface area contributed by atoms with Crippen LogP contribution in [0.4, 0.5) is 11.4 Å².